The van der Waals surface area contributed by atoms with Crippen molar-refractivity contribution in [2.24, 2.45) is 5.92 Å². The summed E-state index contributed by atoms with van der Waals surface area (Å²) in [5.41, 5.74) is 0.973. The molecule has 1 aromatic carbocycles. The number of hydrogen-bond donors (Lipinski definition) is 0. The van der Waals surface area contributed by atoms with E-state index in [1.54, 1.807) is 13.8 Å². The van der Waals surface area contributed by atoms with Crippen LogP contribution in [0.15, 0.2) is 30.3 Å². The lowest BCUT2D eigenvalue weighted by atomic mass is 10.1. The van der Waals surface area contributed by atoms with Crippen molar-refractivity contribution in [3.05, 3.63) is 42.8 Å². The highest BCUT2D eigenvalue weighted by molar-refractivity contribution is 5.83. The summed E-state index contributed by atoms with van der Waals surface area (Å²) in [5.74, 6) is -0.942. The van der Waals surface area contributed by atoms with Gasteiger partial charge in [0.1, 0.15) is 6.54 Å². The molecule has 4 nitrogen and oxygen atoms in total. The smallest absolute Gasteiger partial charge is 0.325 e. The number of esters is 1. The lowest BCUT2D eigenvalue weighted by molar-refractivity contribution is -0.150. The Labute approximate surface area is 114 Å². The molecule has 1 rings (SSSR count). The number of hydrogen-bond acceptors (Lipinski definition) is 3. The maximum absolute atomic E-state index is 12.0. The highest BCUT2D eigenvalue weighted by atomic mass is 16.5. The predicted molar refractivity (Wildman–Crippen MR) is 73.0 cm³/mol. The van der Waals surface area contributed by atoms with Crippen molar-refractivity contribution in [2.45, 2.75) is 20.4 Å². The molecule has 0 spiro atoms. The summed E-state index contributed by atoms with van der Waals surface area (Å²) >= 11 is 0. The zero-order valence-corrected chi connectivity index (χ0v) is 11.5. The van der Waals surface area contributed by atoms with Crippen molar-refractivity contribution < 1.29 is 14.3 Å². The Hall–Kier alpha value is -1.84. The molecule has 0 aliphatic rings. The summed E-state index contributed by atoms with van der Waals surface area (Å²) in [5, 5.41) is 0. The second kappa shape index (κ2) is 7.56. The molecule has 0 N–H and O–H groups in total. The van der Waals surface area contributed by atoms with Crippen LogP contribution in [-0.4, -0.2) is 29.9 Å². The summed E-state index contributed by atoms with van der Waals surface area (Å²) in [4.78, 5) is 25.1. The lowest BCUT2D eigenvalue weighted by Crippen LogP contribution is -2.38. The van der Waals surface area contributed by atoms with Gasteiger partial charge >= 0.3 is 5.97 Å². The Morgan fingerprint density at radius 2 is 1.95 bits per heavy atom. The van der Waals surface area contributed by atoms with Crippen LogP contribution in [0.3, 0.4) is 0 Å². The fraction of sp³-hybridized carbons (Fsp3) is 0.400. The maximum atomic E-state index is 12.0. The molecule has 0 aromatic heterocycles. The van der Waals surface area contributed by atoms with E-state index in [1.807, 2.05) is 30.3 Å². The Balaban J connectivity index is 2.75. The van der Waals surface area contributed by atoms with Crippen molar-refractivity contribution in [2.75, 3.05) is 13.2 Å². The standard InChI is InChI=1S/C15H20NO3/c1-4-19-14(17)11-16(15(18)12(2)3)10-13-8-6-5-7-9-13/h5-9,12H,2,4,10-11H2,1,3H3. The number of benzene rings is 1. The second-order valence-corrected chi connectivity index (χ2v) is 4.39. The topological polar surface area (TPSA) is 46.6 Å². The maximum Gasteiger partial charge on any atom is 0.325 e. The van der Waals surface area contributed by atoms with Crippen LogP contribution in [0.25, 0.3) is 0 Å². The average molecular weight is 262 g/mol. The summed E-state index contributed by atoms with van der Waals surface area (Å²) in [6, 6.07) is 9.54. The summed E-state index contributed by atoms with van der Waals surface area (Å²) in [6.45, 7) is 7.82. The minimum atomic E-state index is -0.396. The number of ether oxygens (including phenoxy) is 1. The van der Waals surface area contributed by atoms with Crippen molar-refractivity contribution in [1.29, 1.82) is 0 Å². The fourth-order valence-corrected chi connectivity index (χ4v) is 1.69. The van der Waals surface area contributed by atoms with Gasteiger partial charge in [-0.25, -0.2) is 0 Å². The van der Waals surface area contributed by atoms with Crippen LogP contribution in [0.5, 0.6) is 0 Å². The first-order valence-corrected chi connectivity index (χ1v) is 6.36. The monoisotopic (exact) mass is 262 g/mol. The Kier molecular flexibility index (Phi) is 6.06. The molecule has 0 aliphatic carbocycles. The second-order valence-electron chi connectivity index (χ2n) is 4.39. The molecule has 0 fully saturated rings. The largest absolute Gasteiger partial charge is 0.465 e. The minimum absolute atomic E-state index is 0.0403. The summed E-state index contributed by atoms with van der Waals surface area (Å²) in [6.07, 6.45) is 0. The molecular weight excluding hydrogens is 242 g/mol. The normalized spacial score (nSPS) is 10.3. The number of rotatable bonds is 6. The first kappa shape index (κ1) is 15.2. The van der Waals surface area contributed by atoms with Crippen LogP contribution >= 0.6 is 0 Å². The molecule has 0 heterocycles. The zero-order valence-electron chi connectivity index (χ0n) is 11.5. The van der Waals surface area contributed by atoms with Gasteiger partial charge in [0, 0.05) is 12.5 Å². The van der Waals surface area contributed by atoms with E-state index < -0.39 is 11.9 Å². The van der Waals surface area contributed by atoms with Crippen LogP contribution < -0.4 is 0 Å². The molecule has 1 radical (unpaired) electrons. The van der Waals surface area contributed by atoms with Gasteiger partial charge in [0.15, 0.2) is 0 Å². The quantitative estimate of drug-likeness (QED) is 0.737. The van der Waals surface area contributed by atoms with E-state index in [1.165, 1.54) is 4.90 Å². The molecule has 0 saturated carbocycles. The fourth-order valence-electron chi connectivity index (χ4n) is 1.69. The molecule has 1 unspecified atom stereocenters. The van der Waals surface area contributed by atoms with E-state index in [0.717, 1.165) is 5.56 Å². The first-order chi connectivity index (χ1) is 9.04. The molecule has 1 atom stereocenters. The Morgan fingerprint density at radius 1 is 1.32 bits per heavy atom. The number of carbonyl (C=O) groups excluding carboxylic acids is 2. The highest BCUT2D eigenvalue weighted by Gasteiger charge is 2.20. The third-order valence-electron chi connectivity index (χ3n) is 2.57. The minimum Gasteiger partial charge on any atom is -0.465 e. The Morgan fingerprint density at radius 3 is 2.47 bits per heavy atom. The summed E-state index contributed by atoms with van der Waals surface area (Å²) < 4.78 is 4.89. The third-order valence-corrected chi connectivity index (χ3v) is 2.57. The first-order valence-electron chi connectivity index (χ1n) is 6.36. The van der Waals surface area contributed by atoms with E-state index >= 15 is 0 Å². The molecule has 0 aliphatic heterocycles. The van der Waals surface area contributed by atoms with Gasteiger partial charge in [0.05, 0.1) is 6.61 Å². The van der Waals surface area contributed by atoms with E-state index in [4.69, 9.17) is 4.74 Å². The van der Waals surface area contributed by atoms with Crippen LogP contribution in [0, 0.1) is 12.8 Å². The van der Waals surface area contributed by atoms with Crippen molar-refractivity contribution >= 4 is 11.9 Å². The van der Waals surface area contributed by atoms with Crippen molar-refractivity contribution in [3.8, 4) is 0 Å². The molecule has 4 heteroatoms. The third kappa shape index (κ3) is 5.12. The molecule has 0 saturated heterocycles. The van der Waals surface area contributed by atoms with Gasteiger partial charge in [0.25, 0.3) is 0 Å². The van der Waals surface area contributed by atoms with E-state index in [9.17, 15) is 9.59 Å². The van der Waals surface area contributed by atoms with Gasteiger partial charge in [-0.15, -0.1) is 0 Å². The van der Waals surface area contributed by atoms with Crippen LogP contribution in [-0.2, 0) is 20.9 Å². The van der Waals surface area contributed by atoms with Gasteiger partial charge in [-0.2, -0.15) is 0 Å². The molecule has 0 bridgehead atoms. The van der Waals surface area contributed by atoms with Gasteiger partial charge < -0.3 is 9.64 Å². The van der Waals surface area contributed by atoms with E-state index in [2.05, 4.69) is 6.92 Å². The lowest BCUT2D eigenvalue weighted by Gasteiger charge is -2.23. The van der Waals surface area contributed by atoms with Gasteiger partial charge in [0.2, 0.25) is 5.91 Å². The van der Waals surface area contributed by atoms with Crippen LogP contribution in [0.2, 0.25) is 0 Å². The molecule has 19 heavy (non-hydrogen) atoms. The molecule has 103 valence electrons. The molecular formula is C15H20NO3. The number of amides is 1. The number of carbonyl (C=O) groups is 2. The SMILES string of the molecule is [CH2]C(C)C(=O)N(CC(=O)OCC)Cc1ccccc1. The van der Waals surface area contributed by atoms with Crippen molar-refractivity contribution in [1.82, 2.24) is 4.90 Å². The van der Waals surface area contributed by atoms with E-state index in [0.29, 0.717) is 13.2 Å². The average Bonchev–Trinajstić information content (AvgIpc) is 2.38. The molecule has 1 amide bonds. The molecule has 1 aromatic rings. The van der Waals surface area contributed by atoms with Gasteiger partial charge in [-0.1, -0.05) is 37.3 Å². The van der Waals surface area contributed by atoms with Crippen molar-refractivity contribution in [3.63, 3.8) is 0 Å². The van der Waals surface area contributed by atoms with Gasteiger partial charge in [-0.05, 0) is 19.4 Å². The van der Waals surface area contributed by atoms with E-state index in [-0.39, 0.29) is 12.5 Å². The highest BCUT2D eigenvalue weighted by Crippen LogP contribution is 2.08. The van der Waals surface area contributed by atoms with Crippen LogP contribution in [0.4, 0.5) is 0 Å². The zero-order chi connectivity index (χ0) is 14.3. The summed E-state index contributed by atoms with van der Waals surface area (Å²) in [7, 11) is 0. The Bertz CT molecular complexity index is 415. The van der Waals surface area contributed by atoms with Crippen LogP contribution in [0.1, 0.15) is 19.4 Å². The van der Waals surface area contributed by atoms with Gasteiger partial charge in [-0.3, -0.25) is 9.59 Å². The number of nitrogens with zero attached hydrogens (tertiary/aromatic N) is 1. The predicted octanol–water partition coefficient (Wildman–Crippen LogP) is 2.05.